The summed E-state index contributed by atoms with van der Waals surface area (Å²) >= 11 is 0. The molecule has 0 aromatic carbocycles. The van der Waals surface area contributed by atoms with Crippen LogP contribution in [0.2, 0.25) is 0 Å². The average Bonchev–Trinajstić information content (AvgIpc) is 2.38. The van der Waals surface area contributed by atoms with Crippen molar-refractivity contribution in [2.24, 2.45) is 0 Å². The molecular formula is C17H28O3. The molecule has 0 aliphatic rings. The van der Waals surface area contributed by atoms with Crippen LogP contribution in [0.4, 0.5) is 0 Å². The molecule has 0 radical (unpaired) electrons. The lowest BCUT2D eigenvalue weighted by Gasteiger charge is -2.01. The van der Waals surface area contributed by atoms with Crippen LogP contribution in [0, 0.1) is 0 Å². The van der Waals surface area contributed by atoms with Gasteiger partial charge in [-0.15, -0.1) is 0 Å². The maximum absolute atomic E-state index is 10.4. The largest absolute Gasteiger partial charge is 0.481 e. The normalized spacial score (nSPS) is 13.7. The van der Waals surface area contributed by atoms with E-state index in [-0.39, 0.29) is 13.0 Å². The fourth-order valence-corrected chi connectivity index (χ4v) is 1.80. The molecular weight excluding hydrogens is 252 g/mol. The van der Waals surface area contributed by atoms with Crippen molar-refractivity contribution in [3.63, 3.8) is 0 Å². The Hall–Kier alpha value is -1.35. The fraction of sp³-hybridized carbons (Fsp3) is 0.588. The van der Waals surface area contributed by atoms with Crippen LogP contribution in [0.15, 0.2) is 34.9 Å². The van der Waals surface area contributed by atoms with Gasteiger partial charge in [0.1, 0.15) is 0 Å². The zero-order valence-electron chi connectivity index (χ0n) is 13.0. The maximum atomic E-state index is 10.4. The first-order chi connectivity index (χ1) is 9.45. The zero-order valence-corrected chi connectivity index (χ0v) is 13.0. The number of rotatable bonds is 10. The van der Waals surface area contributed by atoms with E-state index in [1.807, 2.05) is 13.0 Å². The van der Waals surface area contributed by atoms with Crippen molar-refractivity contribution >= 4 is 5.97 Å². The van der Waals surface area contributed by atoms with Crippen molar-refractivity contribution in [3.8, 4) is 0 Å². The van der Waals surface area contributed by atoms with Crippen LogP contribution >= 0.6 is 0 Å². The van der Waals surface area contributed by atoms with Gasteiger partial charge in [0.15, 0.2) is 0 Å². The van der Waals surface area contributed by atoms with Crippen molar-refractivity contribution in [2.45, 2.75) is 59.3 Å². The van der Waals surface area contributed by atoms with E-state index in [1.54, 1.807) is 0 Å². The smallest absolute Gasteiger partial charge is 0.303 e. The Bertz CT molecular complexity index is 376. The zero-order chi connectivity index (χ0) is 15.4. The quantitative estimate of drug-likeness (QED) is 0.588. The van der Waals surface area contributed by atoms with E-state index in [9.17, 15) is 4.79 Å². The molecule has 20 heavy (non-hydrogen) atoms. The van der Waals surface area contributed by atoms with Crippen molar-refractivity contribution in [2.75, 3.05) is 6.61 Å². The molecule has 114 valence electrons. The lowest BCUT2D eigenvalue weighted by Crippen LogP contribution is -1.92. The van der Waals surface area contributed by atoms with Gasteiger partial charge in [0.2, 0.25) is 0 Å². The summed E-state index contributed by atoms with van der Waals surface area (Å²) in [5, 5.41) is 17.4. The van der Waals surface area contributed by atoms with Gasteiger partial charge in [-0.3, -0.25) is 4.79 Å². The van der Waals surface area contributed by atoms with E-state index >= 15 is 0 Å². The maximum Gasteiger partial charge on any atom is 0.303 e. The lowest BCUT2D eigenvalue weighted by molar-refractivity contribution is -0.136. The van der Waals surface area contributed by atoms with E-state index in [0.717, 1.165) is 31.3 Å². The molecule has 3 heteroatoms. The first-order valence-corrected chi connectivity index (χ1v) is 7.25. The highest BCUT2D eigenvalue weighted by Crippen LogP contribution is 2.12. The summed E-state index contributed by atoms with van der Waals surface area (Å²) in [6.07, 6.45) is 11.2. The second kappa shape index (κ2) is 11.5. The van der Waals surface area contributed by atoms with Crippen molar-refractivity contribution < 1.29 is 15.0 Å². The molecule has 2 N–H and O–H groups in total. The standard InChI is InChI=1S/C17H28O3/c1-14(9-5-11-16(3)13-18)7-4-8-15(2)10-6-12-17(19)20/h7,10-11,18H,4-6,8-9,12-13H2,1-3H3,(H,19,20)/b14-7?,15-10?,16-11+. The van der Waals surface area contributed by atoms with Crippen LogP contribution in [-0.4, -0.2) is 22.8 Å². The van der Waals surface area contributed by atoms with Crippen LogP contribution in [0.3, 0.4) is 0 Å². The molecule has 0 atom stereocenters. The minimum atomic E-state index is -0.740. The highest BCUT2D eigenvalue weighted by molar-refractivity contribution is 5.66. The Balaban J connectivity index is 3.89. The van der Waals surface area contributed by atoms with Gasteiger partial charge in [-0.1, -0.05) is 34.9 Å². The van der Waals surface area contributed by atoms with Gasteiger partial charge in [-0.2, -0.15) is 0 Å². The first kappa shape index (κ1) is 18.7. The minimum absolute atomic E-state index is 0.142. The molecule has 0 aromatic rings. The number of hydrogen-bond acceptors (Lipinski definition) is 2. The molecule has 0 aliphatic carbocycles. The summed E-state index contributed by atoms with van der Waals surface area (Å²) < 4.78 is 0. The number of aliphatic hydroxyl groups excluding tert-OH is 1. The predicted octanol–water partition coefficient (Wildman–Crippen LogP) is 4.24. The van der Waals surface area contributed by atoms with Gasteiger partial charge in [-0.25, -0.2) is 0 Å². The molecule has 0 amide bonds. The van der Waals surface area contributed by atoms with Crippen LogP contribution in [0.25, 0.3) is 0 Å². The number of carboxylic acids is 1. The van der Waals surface area contributed by atoms with Crippen molar-refractivity contribution in [1.29, 1.82) is 0 Å². The summed E-state index contributed by atoms with van der Waals surface area (Å²) in [6, 6.07) is 0. The topological polar surface area (TPSA) is 57.5 Å². The first-order valence-electron chi connectivity index (χ1n) is 7.25. The molecule has 0 spiro atoms. The van der Waals surface area contributed by atoms with E-state index in [0.29, 0.717) is 6.42 Å². The van der Waals surface area contributed by atoms with Gasteiger partial charge in [0.05, 0.1) is 6.61 Å². The summed E-state index contributed by atoms with van der Waals surface area (Å²) in [7, 11) is 0. The second-order valence-electron chi connectivity index (χ2n) is 5.32. The molecule has 0 fully saturated rings. The molecule has 0 heterocycles. The Morgan fingerprint density at radius 2 is 1.20 bits per heavy atom. The molecule has 3 nitrogen and oxygen atoms in total. The lowest BCUT2D eigenvalue weighted by atomic mass is 10.1. The summed E-state index contributed by atoms with van der Waals surface area (Å²) in [6.45, 7) is 6.26. The second-order valence-corrected chi connectivity index (χ2v) is 5.32. The Morgan fingerprint density at radius 1 is 0.800 bits per heavy atom. The predicted molar refractivity (Wildman–Crippen MR) is 83.7 cm³/mol. The van der Waals surface area contributed by atoms with Crippen molar-refractivity contribution in [3.05, 3.63) is 34.9 Å². The number of aliphatic carboxylic acids is 1. The molecule has 0 aromatic heterocycles. The molecule has 0 rings (SSSR count). The van der Waals surface area contributed by atoms with Gasteiger partial charge in [0, 0.05) is 6.42 Å². The number of aliphatic hydroxyl groups is 1. The number of hydrogen-bond donors (Lipinski definition) is 2. The summed E-state index contributed by atoms with van der Waals surface area (Å²) in [5.74, 6) is -0.740. The van der Waals surface area contributed by atoms with Crippen LogP contribution in [-0.2, 0) is 4.79 Å². The third-order valence-corrected chi connectivity index (χ3v) is 3.16. The Labute approximate surface area is 122 Å². The SMILES string of the molecule is CC(=CCCC(=O)O)CCC=C(C)CC/C=C(\C)CO. The van der Waals surface area contributed by atoms with Gasteiger partial charge >= 0.3 is 5.97 Å². The van der Waals surface area contributed by atoms with Gasteiger partial charge in [-0.05, 0) is 52.9 Å². The van der Waals surface area contributed by atoms with E-state index in [4.69, 9.17) is 10.2 Å². The summed E-state index contributed by atoms with van der Waals surface area (Å²) in [5.41, 5.74) is 3.65. The number of carbonyl (C=O) groups is 1. The fourth-order valence-electron chi connectivity index (χ4n) is 1.80. The number of allylic oxidation sites excluding steroid dienone is 5. The molecule has 0 aliphatic heterocycles. The summed E-state index contributed by atoms with van der Waals surface area (Å²) in [4.78, 5) is 10.4. The number of carboxylic acid groups (broad SMARTS) is 1. The van der Waals surface area contributed by atoms with E-state index < -0.39 is 5.97 Å². The van der Waals surface area contributed by atoms with E-state index in [2.05, 4.69) is 26.0 Å². The van der Waals surface area contributed by atoms with Crippen LogP contribution in [0.1, 0.15) is 59.3 Å². The highest BCUT2D eigenvalue weighted by atomic mass is 16.4. The van der Waals surface area contributed by atoms with Gasteiger partial charge in [0.25, 0.3) is 0 Å². The average molecular weight is 280 g/mol. The van der Waals surface area contributed by atoms with Gasteiger partial charge < -0.3 is 10.2 Å². The molecule has 0 bridgehead atoms. The molecule has 0 unspecified atom stereocenters. The van der Waals surface area contributed by atoms with Crippen molar-refractivity contribution in [1.82, 2.24) is 0 Å². The van der Waals surface area contributed by atoms with E-state index in [1.165, 1.54) is 11.1 Å². The Kier molecular flexibility index (Phi) is 10.7. The highest BCUT2D eigenvalue weighted by Gasteiger charge is 1.95. The molecule has 0 saturated heterocycles. The third kappa shape index (κ3) is 11.7. The third-order valence-electron chi connectivity index (χ3n) is 3.16. The minimum Gasteiger partial charge on any atom is -0.481 e. The van der Waals surface area contributed by atoms with Crippen LogP contribution < -0.4 is 0 Å². The Morgan fingerprint density at radius 3 is 1.60 bits per heavy atom. The monoisotopic (exact) mass is 280 g/mol. The molecule has 0 saturated carbocycles. The van der Waals surface area contributed by atoms with Crippen LogP contribution in [0.5, 0.6) is 0 Å².